The zero-order valence-corrected chi connectivity index (χ0v) is 11.0. The van der Waals surface area contributed by atoms with Crippen LogP contribution < -0.4 is 5.43 Å². The van der Waals surface area contributed by atoms with Crippen molar-refractivity contribution in [3.8, 4) is 11.3 Å². The summed E-state index contributed by atoms with van der Waals surface area (Å²) in [5.41, 5.74) is -0.774. The van der Waals surface area contributed by atoms with Gasteiger partial charge < -0.3 is 14.9 Å². The number of nitrogens with zero attached hydrogens (tertiary/aromatic N) is 3. The van der Waals surface area contributed by atoms with Crippen LogP contribution in [0.1, 0.15) is 10.4 Å². The lowest BCUT2D eigenvalue weighted by Gasteiger charge is -2.11. The zero-order valence-electron chi connectivity index (χ0n) is 11.0. The monoisotopic (exact) mass is 285 g/mol. The van der Waals surface area contributed by atoms with Crippen LogP contribution in [0.2, 0.25) is 0 Å². The molecule has 106 valence electrons. The van der Waals surface area contributed by atoms with Crippen LogP contribution in [-0.4, -0.2) is 30.6 Å². The van der Waals surface area contributed by atoms with Gasteiger partial charge >= 0.3 is 5.97 Å². The van der Waals surface area contributed by atoms with Gasteiger partial charge in [0.2, 0.25) is 5.43 Å². The number of aromatic carboxylic acids is 1. The summed E-state index contributed by atoms with van der Waals surface area (Å²) in [6.07, 6.45) is 1.35. The molecule has 2 heterocycles. The number of imidazole rings is 1. The van der Waals surface area contributed by atoms with Crippen LogP contribution in [0.4, 0.5) is 0 Å². The van der Waals surface area contributed by atoms with Gasteiger partial charge in [0, 0.05) is 12.6 Å². The molecule has 0 unspecified atom stereocenters. The number of carboxylic acid groups (broad SMARTS) is 1. The molecule has 0 amide bonds. The Hall–Kier alpha value is -3.09. The van der Waals surface area contributed by atoms with Crippen molar-refractivity contribution in [2.24, 2.45) is 7.05 Å². The van der Waals surface area contributed by atoms with E-state index in [1.165, 1.54) is 10.9 Å². The van der Waals surface area contributed by atoms with E-state index < -0.39 is 17.0 Å². The second-order valence-corrected chi connectivity index (χ2v) is 4.56. The van der Waals surface area contributed by atoms with Crippen molar-refractivity contribution in [2.45, 2.75) is 0 Å². The summed E-state index contributed by atoms with van der Waals surface area (Å²) in [5, 5.41) is 19.7. The van der Waals surface area contributed by atoms with Crippen molar-refractivity contribution in [1.29, 1.82) is 0 Å². The first-order chi connectivity index (χ1) is 10.0. The van der Waals surface area contributed by atoms with Gasteiger partial charge in [0.05, 0.1) is 6.33 Å². The average Bonchev–Trinajstić information content (AvgIpc) is 2.85. The minimum Gasteiger partial charge on any atom is -0.477 e. The number of hydrogen-bond acceptors (Lipinski definition) is 4. The topological polar surface area (TPSA) is 97.4 Å². The van der Waals surface area contributed by atoms with Crippen molar-refractivity contribution in [3.05, 3.63) is 52.4 Å². The van der Waals surface area contributed by atoms with Crippen LogP contribution in [0.25, 0.3) is 22.4 Å². The lowest BCUT2D eigenvalue weighted by molar-refractivity contribution is 0.0692. The first-order valence-corrected chi connectivity index (χ1v) is 6.10. The number of carboxylic acids is 1. The van der Waals surface area contributed by atoms with Gasteiger partial charge in [0.1, 0.15) is 16.8 Å². The second-order valence-electron chi connectivity index (χ2n) is 4.56. The molecular formula is C14H11N3O4. The SMILES string of the molecule is Cn1cnc2c1c(=O)c(C(=O)O)c(-c1ccccc1)n2O. The Morgan fingerprint density at radius 1 is 1.24 bits per heavy atom. The van der Waals surface area contributed by atoms with Crippen molar-refractivity contribution in [2.75, 3.05) is 0 Å². The standard InChI is InChI=1S/C14H11N3O4/c1-16-7-15-13-11(16)12(18)9(14(19)20)10(17(13)21)8-5-3-2-4-6-8/h2-7,21H,1H3,(H,19,20). The number of carbonyl (C=O) groups is 1. The summed E-state index contributed by atoms with van der Waals surface area (Å²) >= 11 is 0. The summed E-state index contributed by atoms with van der Waals surface area (Å²) in [4.78, 5) is 27.9. The minimum atomic E-state index is -1.40. The van der Waals surface area contributed by atoms with Gasteiger partial charge in [-0.2, -0.15) is 4.73 Å². The first kappa shape index (κ1) is 12.9. The number of hydrogen-bond donors (Lipinski definition) is 2. The van der Waals surface area contributed by atoms with E-state index in [1.54, 1.807) is 37.4 Å². The van der Waals surface area contributed by atoms with Gasteiger partial charge in [-0.05, 0) is 0 Å². The Morgan fingerprint density at radius 2 is 1.90 bits per heavy atom. The van der Waals surface area contributed by atoms with Crippen LogP contribution in [0.3, 0.4) is 0 Å². The van der Waals surface area contributed by atoms with Crippen molar-refractivity contribution in [1.82, 2.24) is 14.3 Å². The van der Waals surface area contributed by atoms with Crippen LogP contribution in [-0.2, 0) is 7.05 Å². The van der Waals surface area contributed by atoms with E-state index >= 15 is 0 Å². The molecule has 0 atom stereocenters. The number of fused-ring (bicyclic) bond motifs is 1. The minimum absolute atomic E-state index is 0.0198. The highest BCUT2D eigenvalue weighted by atomic mass is 16.5. The number of benzene rings is 1. The van der Waals surface area contributed by atoms with Gasteiger partial charge in [0.15, 0.2) is 5.65 Å². The lowest BCUT2D eigenvalue weighted by atomic mass is 10.0. The molecule has 0 saturated carbocycles. The third-order valence-electron chi connectivity index (χ3n) is 3.27. The van der Waals surface area contributed by atoms with E-state index in [9.17, 15) is 19.9 Å². The highest BCUT2D eigenvalue weighted by molar-refractivity contribution is 5.98. The Bertz CT molecular complexity index is 909. The zero-order chi connectivity index (χ0) is 15.1. The Labute approximate surface area is 118 Å². The maximum absolute atomic E-state index is 12.4. The molecule has 0 aliphatic rings. The maximum atomic E-state index is 12.4. The van der Waals surface area contributed by atoms with Gasteiger partial charge in [0.25, 0.3) is 0 Å². The van der Waals surface area contributed by atoms with Crippen LogP contribution in [0.5, 0.6) is 0 Å². The molecule has 0 spiro atoms. The van der Waals surface area contributed by atoms with Gasteiger partial charge in [-0.25, -0.2) is 9.78 Å². The van der Waals surface area contributed by atoms with E-state index in [0.717, 1.165) is 0 Å². The number of aryl methyl sites for hydroxylation is 1. The van der Waals surface area contributed by atoms with E-state index in [4.69, 9.17) is 0 Å². The van der Waals surface area contributed by atoms with Crippen LogP contribution >= 0.6 is 0 Å². The molecular weight excluding hydrogens is 274 g/mol. The molecule has 0 bridgehead atoms. The highest BCUT2D eigenvalue weighted by Crippen LogP contribution is 2.24. The van der Waals surface area contributed by atoms with Crippen molar-refractivity contribution >= 4 is 17.1 Å². The average molecular weight is 285 g/mol. The fourth-order valence-electron chi connectivity index (χ4n) is 2.33. The molecule has 0 aliphatic carbocycles. The third kappa shape index (κ3) is 1.78. The van der Waals surface area contributed by atoms with E-state index in [1.807, 2.05) is 0 Å². The molecule has 0 radical (unpaired) electrons. The van der Waals surface area contributed by atoms with E-state index in [-0.39, 0.29) is 16.9 Å². The molecule has 7 heteroatoms. The predicted molar refractivity (Wildman–Crippen MR) is 74.6 cm³/mol. The normalized spacial score (nSPS) is 10.9. The summed E-state index contributed by atoms with van der Waals surface area (Å²) in [5.74, 6) is -1.40. The highest BCUT2D eigenvalue weighted by Gasteiger charge is 2.25. The number of pyridine rings is 1. The van der Waals surface area contributed by atoms with Crippen LogP contribution in [0, 0.1) is 0 Å². The fraction of sp³-hybridized carbons (Fsp3) is 0.0714. The van der Waals surface area contributed by atoms with Crippen molar-refractivity contribution in [3.63, 3.8) is 0 Å². The Kier molecular flexibility index (Phi) is 2.76. The summed E-state index contributed by atoms with van der Waals surface area (Å²) in [6.45, 7) is 0. The molecule has 1 aromatic carbocycles. The smallest absolute Gasteiger partial charge is 0.342 e. The first-order valence-electron chi connectivity index (χ1n) is 6.10. The Balaban J connectivity index is 2.55. The van der Waals surface area contributed by atoms with Crippen molar-refractivity contribution < 1.29 is 15.1 Å². The van der Waals surface area contributed by atoms with Gasteiger partial charge in [-0.3, -0.25) is 4.79 Å². The van der Waals surface area contributed by atoms with Gasteiger partial charge in [-0.15, -0.1) is 0 Å². The number of rotatable bonds is 2. The molecule has 0 saturated heterocycles. The number of aromatic nitrogens is 3. The molecule has 2 aromatic heterocycles. The fourth-order valence-corrected chi connectivity index (χ4v) is 2.33. The third-order valence-corrected chi connectivity index (χ3v) is 3.27. The predicted octanol–water partition coefficient (Wildman–Crippen LogP) is 1.34. The summed E-state index contributed by atoms with van der Waals surface area (Å²) in [6, 6.07) is 8.36. The molecule has 21 heavy (non-hydrogen) atoms. The van der Waals surface area contributed by atoms with Gasteiger partial charge in [-0.1, -0.05) is 30.3 Å². The Morgan fingerprint density at radius 3 is 2.52 bits per heavy atom. The molecule has 3 rings (SSSR count). The van der Waals surface area contributed by atoms with E-state index in [0.29, 0.717) is 10.3 Å². The summed E-state index contributed by atoms with van der Waals surface area (Å²) in [7, 11) is 1.56. The quantitative estimate of drug-likeness (QED) is 0.692. The summed E-state index contributed by atoms with van der Waals surface area (Å²) < 4.78 is 2.03. The molecule has 3 aromatic rings. The maximum Gasteiger partial charge on any atom is 0.342 e. The lowest BCUT2D eigenvalue weighted by Crippen LogP contribution is -2.22. The second kappa shape index (κ2) is 4.48. The molecule has 7 nitrogen and oxygen atoms in total. The van der Waals surface area contributed by atoms with E-state index in [2.05, 4.69) is 4.98 Å². The largest absolute Gasteiger partial charge is 0.477 e. The molecule has 2 N–H and O–H groups in total. The van der Waals surface area contributed by atoms with Crippen LogP contribution in [0.15, 0.2) is 41.5 Å². The molecule has 0 fully saturated rings. The molecule has 0 aliphatic heterocycles.